The molecule has 35 heavy (non-hydrogen) atoms. The summed E-state index contributed by atoms with van der Waals surface area (Å²) >= 11 is 0. The molecular formula is C23H30FN3O6S2. The molecule has 1 amide bonds. The van der Waals surface area contributed by atoms with Crippen LogP contribution in [0.2, 0.25) is 0 Å². The highest BCUT2D eigenvalue weighted by Crippen LogP contribution is 2.24. The summed E-state index contributed by atoms with van der Waals surface area (Å²) in [5.41, 5.74) is 0.191. The summed E-state index contributed by atoms with van der Waals surface area (Å²) in [5.74, 6) is -0.591. The van der Waals surface area contributed by atoms with Gasteiger partial charge in [-0.1, -0.05) is 6.92 Å². The zero-order valence-electron chi connectivity index (χ0n) is 19.7. The van der Waals surface area contributed by atoms with Gasteiger partial charge in [0.15, 0.2) is 0 Å². The largest absolute Gasteiger partial charge is 0.492 e. The molecule has 2 aromatic rings. The molecule has 3 rings (SSSR count). The van der Waals surface area contributed by atoms with E-state index >= 15 is 0 Å². The molecular weight excluding hydrogens is 497 g/mol. The van der Waals surface area contributed by atoms with Crippen molar-refractivity contribution in [3.8, 4) is 5.75 Å². The number of ether oxygens (including phenoxy) is 1. The molecule has 0 radical (unpaired) electrons. The second-order valence-corrected chi connectivity index (χ2v) is 12.0. The molecule has 0 aromatic heterocycles. The first-order valence-electron chi connectivity index (χ1n) is 11.3. The number of sulfonamides is 2. The van der Waals surface area contributed by atoms with Crippen LogP contribution in [0.25, 0.3) is 0 Å². The zero-order valence-corrected chi connectivity index (χ0v) is 21.3. The third-order valence-electron chi connectivity index (χ3n) is 5.61. The number of benzene rings is 2. The van der Waals surface area contributed by atoms with E-state index in [1.54, 1.807) is 19.1 Å². The van der Waals surface area contributed by atoms with Gasteiger partial charge in [-0.2, -0.15) is 4.31 Å². The van der Waals surface area contributed by atoms with Gasteiger partial charge < -0.3 is 10.1 Å². The van der Waals surface area contributed by atoms with E-state index in [2.05, 4.69) is 5.32 Å². The zero-order chi connectivity index (χ0) is 25.6. The number of halogens is 1. The lowest BCUT2D eigenvalue weighted by Crippen LogP contribution is -2.50. The van der Waals surface area contributed by atoms with E-state index in [1.807, 2.05) is 0 Å². The van der Waals surface area contributed by atoms with Crippen LogP contribution < -0.4 is 14.4 Å². The minimum Gasteiger partial charge on any atom is -0.492 e. The molecule has 0 spiro atoms. The molecule has 192 valence electrons. The van der Waals surface area contributed by atoms with Gasteiger partial charge in [-0.25, -0.2) is 21.2 Å². The Morgan fingerprint density at radius 3 is 2.20 bits per heavy atom. The molecule has 1 heterocycles. The van der Waals surface area contributed by atoms with E-state index in [0.717, 1.165) is 35.5 Å². The molecule has 1 atom stereocenters. The number of nitrogens with one attached hydrogen (secondary N) is 1. The van der Waals surface area contributed by atoms with Crippen LogP contribution in [0.15, 0.2) is 53.4 Å². The Morgan fingerprint density at radius 1 is 1.06 bits per heavy atom. The Kier molecular flexibility index (Phi) is 8.73. The van der Waals surface area contributed by atoms with Crippen molar-refractivity contribution < 1.29 is 30.8 Å². The predicted molar refractivity (Wildman–Crippen MR) is 131 cm³/mol. The van der Waals surface area contributed by atoms with Gasteiger partial charge in [0.2, 0.25) is 26.0 Å². The van der Waals surface area contributed by atoms with Crippen LogP contribution in [0.3, 0.4) is 0 Å². The quantitative estimate of drug-likeness (QED) is 0.449. The van der Waals surface area contributed by atoms with E-state index in [4.69, 9.17) is 4.74 Å². The van der Waals surface area contributed by atoms with Crippen LogP contribution in [0.1, 0.15) is 26.2 Å². The van der Waals surface area contributed by atoms with Gasteiger partial charge in [0, 0.05) is 13.1 Å². The van der Waals surface area contributed by atoms with Gasteiger partial charge in [0.25, 0.3) is 0 Å². The Labute approximate surface area is 206 Å². The SMILES string of the molecule is CC[C@H](C(=O)NCCOc1ccc(S(=O)(=O)N2CCCC2)cc1)N(c1ccc(F)cc1)S(C)(=O)=O. The summed E-state index contributed by atoms with van der Waals surface area (Å²) in [7, 11) is -7.32. The number of hydrogen-bond donors (Lipinski definition) is 1. The van der Waals surface area contributed by atoms with Crippen LogP contribution in [-0.4, -0.2) is 65.6 Å². The summed E-state index contributed by atoms with van der Waals surface area (Å²) in [6, 6.07) is 9.94. The van der Waals surface area contributed by atoms with Crippen molar-refractivity contribution in [1.82, 2.24) is 9.62 Å². The first kappa shape index (κ1) is 26.9. The summed E-state index contributed by atoms with van der Waals surface area (Å²) in [6.45, 7) is 2.92. The summed E-state index contributed by atoms with van der Waals surface area (Å²) in [6.07, 6.45) is 2.90. The lowest BCUT2D eigenvalue weighted by molar-refractivity contribution is -0.122. The van der Waals surface area contributed by atoms with Crippen molar-refractivity contribution in [2.75, 3.05) is 36.8 Å². The van der Waals surface area contributed by atoms with Crippen LogP contribution in [0.5, 0.6) is 5.75 Å². The highest BCUT2D eigenvalue weighted by atomic mass is 32.2. The first-order valence-corrected chi connectivity index (χ1v) is 14.6. The van der Waals surface area contributed by atoms with Crippen LogP contribution in [0.4, 0.5) is 10.1 Å². The van der Waals surface area contributed by atoms with Gasteiger partial charge in [0.05, 0.1) is 23.4 Å². The summed E-state index contributed by atoms with van der Waals surface area (Å²) < 4.78 is 71.3. The number of rotatable bonds is 11. The van der Waals surface area contributed by atoms with Crippen molar-refractivity contribution in [2.24, 2.45) is 0 Å². The van der Waals surface area contributed by atoms with E-state index in [1.165, 1.54) is 28.6 Å². The minimum absolute atomic E-state index is 0.0931. The van der Waals surface area contributed by atoms with Gasteiger partial charge in [-0.15, -0.1) is 0 Å². The molecule has 1 aliphatic rings. The van der Waals surface area contributed by atoms with Crippen molar-refractivity contribution >= 4 is 31.6 Å². The van der Waals surface area contributed by atoms with Crippen molar-refractivity contribution in [3.05, 3.63) is 54.3 Å². The third-order valence-corrected chi connectivity index (χ3v) is 8.70. The van der Waals surface area contributed by atoms with E-state index < -0.39 is 37.8 Å². The fourth-order valence-corrected chi connectivity index (χ4v) is 6.62. The van der Waals surface area contributed by atoms with E-state index in [-0.39, 0.29) is 30.2 Å². The molecule has 0 saturated carbocycles. The van der Waals surface area contributed by atoms with Crippen molar-refractivity contribution in [1.29, 1.82) is 0 Å². The number of anilines is 1. The molecule has 0 unspecified atom stereocenters. The predicted octanol–water partition coefficient (Wildman–Crippen LogP) is 2.35. The maximum Gasteiger partial charge on any atom is 0.244 e. The Hall–Kier alpha value is -2.70. The number of carbonyl (C=O) groups excluding carboxylic acids is 1. The molecule has 1 saturated heterocycles. The second-order valence-electron chi connectivity index (χ2n) is 8.18. The van der Waals surface area contributed by atoms with Crippen LogP contribution in [0, 0.1) is 5.82 Å². The number of carbonyl (C=O) groups is 1. The fourth-order valence-electron chi connectivity index (χ4n) is 3.89. The minimum atomic E-state index is -3.82. The smallest absolute Gasteiger partial charge is 0.244 e. The average Bonchev–Trinajstić information content (AvgIpc) is 3.36. The maximum atomic E-state index is 13.3. The standard InChI is InChI=1S/C23H30FN3O6S2/c1-3-22(27(34(2,29)30)19-8-6-18(24)7-9-19)23(28)25-14-17-33-20-10-12-21(13-11-20)35(31,32)26-15-4-5-16-26/h6-13,22H,3-5,14-17H2,1-2H3,(H,25,28)/t22-/m1/s1. The van der Waals surface area contributed by atoms with Gasteiger partial charge in [-0.3, -0.25) is 9.10 Å². The highest BCUT2D eigenvalue weighted by Gasteiger charge is 2.31. The molecule has 12 heteroatoms. The monoisotopic (exact) mass is 527 g/mol. The Morgan fingerprint density at radius 2 is 1.66 bits per heavy atom. The molecule has 0 bridgehead atoms. The molecule has 9 nitrogen and oxygen atoms in total. The summed E-state index contributed by atoms with van der Waals surface area (Å²) in [5, 5.41) is 2.66. The molecule has 1 N–H and O–H groups in total. The van der Waals surface area contributed by atoms with E-state index in [9.17, 15) is 26.0 Å². The lowest BCUT2D eigenvalue weighted by Gasteiger charge is -2.30. The Bertz CT molecular complexity index is 1210. The third kappa shape index (κ3) is 6.71. The second kappa shape index (κ2) is 11.4. The number of hydrogen-bond acceptors (Lipinski definition) is 6. The first-order chi connectivity index (χ1) is 16.5. The maximum absolute atomic E-state index is 13.3. The van der Waals surface area contributed by atoms with Gasteiger partial charge in [0.1, 0.15) is 24.2 Å². The topological polar surface area (TPSA) is 113 Å². The van der Waals surface area contributed by atoms with Crippen molar-refractivity contribution in [2.45, 2.75) is 37.1 Å². The highest BCUT2D eigenvalue weighted by molar-refractivity contribution is 7.92. The van der Waals surface area contributed by atoms with Gasteiger partial charge in [-0.05, 0) is 67.8 Å². The Balaban J connectivity index is 1.57. The average molecular weight is 528 g/mol. The molecule has 2 aromatic carbocycles. The molecule has 1 fully saturated rings. The normalized spacial score (nSPS) is 15.5. The fraction of sp³-hybridized carbons (Fsp3) is 0.435. The van der Waals surface area contributed by atoms with Crippen molar-refractivity contribution in [3.63, 3.8) is 0 Å². The van der Waals surface area contributed by atoms with Crippen LogP contribution in [-0.2, 0) is 24.8 Å². The number of amides is 1. The molecule has 1 aliphatic heterocycles. The lowest BCUT2D eigenvalue weighted by atomic mass is 10.2. The van der Waals surface area contributed by atoms with Gasteiger partial charge >= 0.3 is 0 Å². The summed E-state index contributed by atoms with van der Waals surface area (Å²) in [4.78, 5) is 13.0. The number of nitrogens with zero attached hydrogens (tertiary/aromatic N) is 2. The van der Waals surface area contributed by atoms with E-state index in [0.29, 0.717) is 18.8 Å². The van der Waals surface area contributed by atoms with Crippen LogP contribution >= 0.6 is 0 Å². The molecule has 0 aliphatic carbocycles.